The Labute approximate surface area is 161 Å². The maximum Gasteiger partial charge on any atom is 0.339 e. The molecular formula is C23H20O5. The van der Waals surface area contributed by atoms with E-state index in [0.29, 0.717) is 23.3 Å². The van der Waals surface area contributed by atoms with Gasteiger partial charge in [-0.2, -0.15) is 0 Å². The molecule has 0 fully saturated rings. The number of Topliss-reactive ketones (excluding diaryl/α,β-unsaturated/α-hetero) is 1. The first-order valence-electron chi connectivity index (χ1n) is 9.52. The van der Waals surface area contributed by atoms with Gasteiger partial charge in [0.2, 0.25) is 0 Å². The van der Waals surface area contributed by atoms with Gasteiger partial charge in [0, 0.05) is 5.56 Å². The number of methoxy groups -OCH3 is 1. The van der Waals surface area contributed by atoms with E-state index < -0.39 is 0 Å². The fraction of sp³-hybridized carbons (Fsp3) is 0.304. The van der Waals surface area contributed by atoms with Crippen molar-refractivity contribution in [3.05, 3.63) is 68.6 Å². The van der Waals surface area contributed by atoms with Crippen LogP contribution in [0.5, 0.6) is 11.5 Å². The van der Waals surface area contributed by atoms with E-state index in [1.165, 1.54) is 0 Å². The van der Waals surface area contributed by atoms with Crippen LogP contribution in [0, 0.1) is 6.92 Å². The number of fused-ring (bicyclic) bond motifs is 5. The van der Waals surface area contributed by atoms with Crippen molar-refractivity contribution in [1.29, 1.82) is 0 Å². The van der Waals surface area contributed by atoms with E-state index in [9.17, 15) is 9.59 Å². The lowest BCUT2D eigenvalue weighted by molar-refractivity contribution is 0.0852. The molecule has 2 heterocycles. The lowest BCUT2D eigenvalue weighted by atomic mass is 9.90. The van der Waals surface area contributed by atoms with Gasteiger partial charge in [-0.25, -0.2) is 4.79 Å². The average molecular weight is 376 g/mol. The molecule has 2 aromatic carbocycles. The van der Waals surface area contributed by atoms with Gasteiger partial charge in [0.05, 0.1) is 24.5 Å². The van der Waals surface area contributed by atoms with Crippen molar-refractivity contribution in [3.63, 3.8) is 0 Å². The summed E-state index contributed by atoms with van der Waals surface area (Å²) >= 11 is 0. The van der Waals surface area contributed by atoms with E-state index in [0.717, 1.165) is 46.2 Å². The van der Waals surface area contributed by atoms with E-state index >= 15 is 0 Å². The Bertz CT molecular complexity index is 1170. The summed E-state index contributed by atoms with van der Waals surface area (Å²) in [4.78, 5) is 25.4. The van der Waals surface area contributed by atoms with Crippen molar-refractivity contribution in [2.45, 2.75) is 38.7 Å². The van der Waals surface area contributed by atoms with Crippen molar-refractivity contribution in [2.24, 2.45) is 0 Å². The normalized spacial score (nSPS) is 17.9. The number of ketones is 1. The minimum Gasteiger partial charge on any atom is -0.497 e. The summed E-state index contributed by atoms with van der Waals surface area (Å²) in [6.45, 7) is 1.86. The zero-order chi connectivity index (χ0) is 19.4. The molecule has 1 atom stereocenters. The van der Waals surface area contributed by atoms with Crippen LogP contribution in [0.1, 0.15) is 51.6 Å². The van der Waals surface area contributed by atoms with Crippen molar-refractivity contribution in [2.75, 3.05) is 7.11 Å². The maximum atomic E-state index is 13.0. The Morgan fingerprint density at radius 3 is 2.57 bits per heavy atom. The minimum atomic E-state index is -0.375. The Balaban J connectivity index is 1.71. The summed E-state index contributed by atoms with van der Waals surface area (Å²) < 4.78 is 17.2. The van der Waals surface area contributed by atoms with Gasteiger partial charge in [-0.1, -0.05) is 12.1 Å². The first kappa shape index (κ1) is 17.0. The van der Waals surface area contributed by atoms with Crippen LogP contribution in [0.3, 0.4) is 0 Å². The molecule has 28 heavy (non-hydrogen) atoms. The first-order valence-corrected chi connectivity index (χ1v) is 9.52. The van der Waals surface area contributed by atoms with Crippen LogP contribution in [0.25, 0.3) is 11.0 Å². The average Bonchev–Trinajstić information content (AvgIpc) is 3.18. The van der Waals surface area contributed by atoms with Crippen molar-refractivity contribution >= 4 is 16.8 Å². The number of hydrogen-bond acceptors (Lipinski definition) is 5. The van der Waals surface area contributed by atoms with Crippen molar-refractivity contribution in [1.82, 2.24) is 0 Å². The lowest BCUT2D eigenvalue weighted by Crippen LogP contribution is -2.22. The smallest absolute Gasteiger partial charge is 0.339 e. The van der Waals surface area contributed by atoms with Gasteiger partial charge in [0.25, 0.3) is 0 Å². The Morgan fingerprint density at radius 1 is 1.07 bits per heavy atom. The lowest BCUT2D eigenvalue weighted by Gasteiger charge is -2.28. The second-order valence-electron chi connectivity index (χ2n) is 7.48. The molecule has 5 heteroatoms. The van der Waals surface area contributed by atoms with Gasteiger partial charge in [-0.05, 0) is 61.1 Å². The fourth-order valence-corrected chi connectivity index (χ4v) is 4.45. The molecule has 0 bridgehead atoms. The van der Waals surface area contributed by atoms with Crippen LogP contribution in [-0.4, -0.2) is 12.9 Å². The number of rotatable bonds is 2. The number of carbonyl (C=O) groups excluding carboxylic acids is 1. The first-order chi connectivity index (χ1) is 13.6. The Morgan fingerprint density at radius 2 is 1.82 bits per heavy atom. The molecule has 1 aromatic heterocycles. The third-order valence-electron chi connectivity index (χ3n) is 5.81. The van der Waals surface area contributed by atoms with E-state index in [1.807, 2.05) is 31.2 Å². The predicted octanol–water partition coefficient (Wildman–Crippen LogP) is 4.31. The zero-order valence-corrected chi connectivity index (χ0v) is 15.8. The third-order valence-corrected chi connectivity index (χ3v) is 5.81. The van der Waals surface area contributed by atoms with Gasteiger partial charge in [-0.3, -0.25) is 4.79 Å². The monoisotopic (exact) mass is 376 g/mol. The highest BCUT2D eigenvalue weighted by Crippen LogP contribution is 2.44. The number of carbonyl (C=O) groups is 1. The number of hydrogen-bond donors (Lipinski definition) is 0. The van der Waals surface area contributed by atoms with Crippen LogP contribution >= 0.6 is 0 Å². The molecule has 3 aromatic rings. The molecule has 0 amide bonds. The van der Waals surface area contributed by atoms with E-state index in [1.54, 1.807) is 13.2 Å². The Hall–Kier alpha value is -3.08. The van der Waals surface area contributed by atoms with E-state index in [2.05, 4.69) is 0 Å². The van der Waals surface area contributed by atoms with Crippen LogP contribution in [0.2, 0.25) is 0 Å². The molecule has 0 spiro atoms. The standard InChI is InChI=1S/C23H20O5/c1-12-10-19-21(15-4-3-5-16(15)23(25)28-19)22-20(12)17(24)11-18(27-22)13-6-8-14(26-2)9-7-13/h6-10,18H,3-5,11H2,1-2H3/t18-/m1/s1. The Kier molecular flexibility index (Phi) is 3.79. The van der Waals surface area contributed by atoms with Crippen molar-refractivity contribution < 1.29 is 18.7 Å². The van der Waals surface area contributed by atoms with Crippen molar-refractivity contribution in [3.8, 4) is 11.5 Å². The number of aryl methyl sites for hydroxylation is 2. The highest BCUT2D eigenvalue weighted by molar-refractivity contribution is 6.07. The van der Waals surface area contributed by atoms with Gasteiger partial charge in [-0.15, -0.1) is 0 Å². The van der Waals surface area contributed by atoms with E-state index in [4.69, 9.17) is 13.9 Å². The van der Waals surface area contributed by atoms with Crippen LogP contribution in [0.15, 0.2) is 39.5 Å². The molecule has 1 aliphatic carbocycles. The molecular weight excluding hydrogens is 356 g/mol. The van der Waals surface area contributed by atoms with Gasteiger partial charge >= 0.3 is 5.63 Å². The van der Waals surface area contributed by atoms with Crippen LogP contribution in [-0.2, 0) is 12.8 Å². The molecule has 142 valence electrons. The SMILES string of the molecule is COc1ccc([C@H]2CC(=O)c3c(C)cc4oc(=O)c5c(c4c3O2)CCC5)cc1. The van der Waals surface area contributed by atoms with Gasteiger partial charge in [0.1, 0.15) is 23.2 Å². The summed E-state index contributed by atoms with van der Waals surface area (Å²) in [7, 11) is 1.62. The maximum absolute atomic E-state index is 13.0. The van der Waals surface area contributed by atoms with Crippen LogP contribution in [0.4, 0.5) is 0 Å². The summed E-state index contributed by atoms with van der Waals surface area (Å²) in [6.07, 6.45) is 2.34. The zero-order valence-electron chi connectivity index (χ0n) is 15.8. The molecule has 0 radical (unpaired) electrons. The highest BCUT2D eigenvalue weighted by Gasteiger charge is 2.33. The van der Waals surface area contributed by atoms with E-state index in [-0.39, 0.29) is 23.9 Å². The minimum absolute atomic E-state index is 0.0550. The second kappa shape index (κ2) is 6.23. The molecule has 0 unspecified atom stereocenters. The second-order valence-corrected chi connectivity index (χ2v) is 7.48. The molecule has 0 saturated heterocycles. The quantitative estimate of drug-likeness (QED) is 0.624. The fourth-order valence-electron chi connectivity index (χ4n) is 4.45. The summed E-state index contributed by atoms with van der Waals surface area (Å²) in [5, 5.41) is 0.791. The summed E-state index contributed by atoms with van der Waals surface area (Å²) in [6, 6.07) is 9.37. The van der Waals surface area contributed by atoms with Gasteiger partial charge < -0.3 is 13.9 Å². The molecule has 5 rings (SSSR count). The molecule has 5 nitrogen and oxygen atoms in total. The molecule has 0 N–H and O–H groups in total. The summed E-state index contributed by atoms with van der Waals surface area (Å²) in [5.74, 6) is 1.38. The highest BCUT2D eigenvalue weighted by atomic mass is 16.5. The van der Waals surface area contributed by atoms with Crippen LogP contribution < -0.4 is 15.1 Å². The van der Waals surface area contributed by atoms with Gasteiger partial charge in [0.15, 0.2) is 5.78 Å². The third kappa shape index (κ3) is 2.46. The molecule has 0 saturated carbocycles. The number of benzene rings is 2. The molecule has 1 aliphatic heterocycles. The topological polar surface area (TPSA) is 65.7 Å². The number of ether oxygens (including phenoxy) is 2. The summed E-state index contributed by atoms with van der Waals surface area (Å²) in [5.41, 5.74) is 4.25. The molecule has 2 aliphatic rings. The largest absolute Gasteiger partial charge is 0.497 e. The predicted molar refractivity (Wildman–Crippen MR) is 105 cm³/mol.